The molecular formula is C13H14O2. The first-order valence-electron chi connectivity index (χ1n) is 4.97. The Balaban J connectivity index is 2.50. The van der Waals surface area contributed by atoms with Crippen LogP contribution >= 0.6 is 0 Å². The molecule has 0 aliphatic heterocycles. The number of allylic oxidation sites excluding steroid dienone is 3. The molecule has 0 fully saturated rings. The molecule has 0 saturated heterocycles. The van der Waals surface area contributed by atoms with Crippen molar-refractivity contribution >= 4 is 11.4 Å². The van der Waals surface area contributed by atoms with Crippen molar-refractivity contribution in [1.29, 1.82) is 0 Å². The van der Waals surface area contributed by atoms with E-state index in [1.165, 1.54) is 0 Å². The molecular weight excluding hydrogens is 188 g/mol. The van der Waals surface area contributed by atoms with Gasteiger partial charge in [-0.25, -0.2) is 0 Å². The van der Waals surface area contributed by atoms with E-state index in [0.29, 0.717) is 11.1 Å². The summed E-state index contributed by atoms with van der Waals surface area (Å²) in [6, 6.07) is 1.80. The molecule has 1 heterocycles. The molecule has 0 aromatic carbocycles. The molecule has 2 rings (SSSR count). The zero-order valence-electron chi connectivity index (χ0n) is 9.04. The Morgan fingerprint density at radius 3 is 2.80 bits per heavy atom. The first-order valence-corrected chi connectivity index (χ1v) is 4.97. The summed E-state index contributed by atoms with van der Waals surface area (Å²) in [5.74, 6) is 0.0377. The molecule has 0 saturated carbocycles. The third kappa shape index (κ3) is 1.80. The summed E-state index contributed by atoms with van der Waals surface area (Å²) >= 11 is 0. The minimum atomic E-state index is -0.00238. The number of carbonyl (C=O) groups excluding carboxylic acids is 1. The highest BCUT2D eigenvalue weighted by atomic mass is 16.3. The van der Waals surface area contributed by atoms with Crippen LogP contribution < -0.4 is 0 Å². The molecule has 1 aromatic rings. The molecule has 0 unspecified atom stereocenters. The first-order chi connectivity index (χ1) is 6.99. The van der Waals surface area contributed by atoms with Gasteiger partial charge in [0.1, 0.15) is 0 Å². The predicted octanol–water partition coefficient (Wildman–Crippen LogP) is 3.22. The third-order valence-electron chi connectivity index (χ3n) is 2.60. The molecule has 15 heavy (non-hydrogen) atoms. The van der Waals surface area contributed by atoms with Crippen molar-refractivity contribution < 1.29 is 9.21 Å². The van der Waals surface area contributed by atoms with Gasteiger partial charge in [-0.1, -0.05) is 26.5 Å². The van der Waals surface area contributed by atoms with E-state index in [1.54, 1.807) is 18.6 Å². The van der Waals surface area contributed by atoms with Gasteiger partial charge in [0.15, 0.2) is 5.78 Å². The monoisotopic (exact) mass is 202 g/mol. The maximum absolute atomic E-state index is 11.9. The highest BCUT2D eigenvalue weighted by Gasteiger charge is 2.29. The van der Waals surface area contributed by atoms with Gasteiger partial charge in [0.05, 0.1) is 12.5 Å². The van der Waals surface area contributed by atoms with Crippen molar-refractivity contribution in [2.75, 3.05) is 0 Å². The second-order valence-electron chi connectivity index (χ2n) is 4.67. The predicted molar refractivity (Wildman–Crippen MR) is 59.2 cm³/mol. The summed E-state index contributed by atoms with van der Waals surface area (Å²) < 4.78 is 5.00. The van der Waals surface area contributed by atoms with Gasteiger partial charge >= 0.3 is 0 Å². The molecule has 0 N–H and O–H groups in total. The third-order valence-corrected chi connectivity index (χ3v) is 2.60. The van der Waals surface area contributed by atoms with Gasteiger partial charge in [-0.05, 0) is 23.5 Å². The number of rotatable bonds is 1. The number of furan rings is 1. The van der Waals surface area contributed by atoms with Gasteiger partial charge in [-0.15, -0.1) is 0 Å². The van der Waals surface area contributed by atoms with Crippen molar-refractivity contribution in [2.24, 2.45) is 5.41 Å². The Morgan fingerprint density at radius 1 is 1.47 bits per heavy atom. The Kier molecular flexibility index (Phi) is 2.14. The number of hydrogen-bond donors (Lipinski definition) is 0. The number of hydrogen-bond acceptors (Lipinski definition) is 2. The van der Waals surface area contributed by atoms with E-state index in [9.17, 15) is 4.79 Å². The quantitative estimate of drug-likeness (QED) is 0.654. The van der Waals surface area contributed by atoms with Crippen LogP contribution in [0.5, 0.6) is 0 Å². The number of Topliss-reactive ketones (excluding diaryl/α,β-unsaturated/α-hetero) is 1. The van der Waals surface area contributed by atoms with E-state index < -0.39 is 0 Å². The SMILES string of the molecule is C=C1CC(C)(C)C=C(c2ccoc2)C1=O. The van der Waals surface area contributed by atoms with E-state index >= 15 is 0 Å². The van der Waals surface area contributed by atoms with Crippen LogP contribution in [-0.2, 0) is 4.79 Å². The van der Waals surface area contributed by atoms with E-state index in [2.05, 4.69) is 20.4 Å². The second kappa shape index (κ2) is 3.23. The molecule has 2 nitrogen and oxygen atoms in total. The molecule has 2 heteroatoms. The van der Waals surface area contributed by atoms with Gasteiger partial charge in [0.2, 0.25) is 0 Å². The van der Waals surface area contributed by atoms with Crippen LogP contribution in [0.3, 0.4) is 0 Å². The van der Waals surface area contributed by atoms with Crippen LogP contribution in [0.4, 0.5) is 0 Å². The Bertz CT molecular complexity index is 433. The van der Waals surface area contributed by atoms with Gasteiger partial charge in [-0.2, -0.15) is 0 Å². The van der Waals surface area contributed by atoms with Crippen LogP contribution in [0.1, 0.15) is 25.8 Å². The van der Waals surface area contributed by atoms with Crippen LogP contribution in [0.2, 0.25) is 0 Å². The smallest absolute Gasteiger partial charge is 0.188 e. The maximum atomic E-state index is 11.9. The highest BCUT2D eigenvalue weighted by Crippen LogP contribution is 2.37. The normalized spacial score (nSPS) is 20.3. The number of ketones is 1. The van der Waals surface area contributed by atoms with E-state index in [-0.39, 0.29) is 11.2 Å². The van der Waals surface area contributed by atoms with Gasteiger partial charge in [0.25, 0.3) is 0 Å². The fraction of sp³-hybridized carbons (Fsp3) is 0.308. The summed E-state index contributed by atoms with van der Waals surface area (Å²) in [5, 5.41) is 0. The zero-order chi connectivity index (χ0) is 11.1. The van der Waals surface area contributed by atoms with Crippen molar-refractivity contribution in [3.8, 4) is 0 Å². The van der Waals surface area contributed by atoms with Crippen LogP contribution in [0, 0.1) is 5.41 Å². The molecule has 1 aromatic heterocycles. The van der Waals surface area contributed by atoms with Crippen molar-refractivity contribution in [1.82, 2.24) is 0 Å². The summed E-state index contributed by atoms with van der Waals surface area (Å²) in [4.78, 5) is 11.9. The molecule has 0 radical (unpaired) electrons. The van der Waals surface area contributed by atoms with E-state index in [4.69, 9.17) is 4.42 Å². The topological polar surface area (TPSA) is 30.2 Å². The average molecular weight is 202 g/mol. The molecule has 0 amide bonds. The summed E-state index contributed by atoms with van der Waals surface area (Å²) in [7, 11) is 0. The lowest BCUT2D eigenvalue weighted by atomic mass is 9.75. The van der Waals surface area contributed by atoms with Gasteiger partial charge < -0.3 is 4.42 Å². The number of carbonyl (C=O) groups is 1. The fourth-order valence-electron chi connectivity index (χ4n) is 1.96. The highest BCUT2D eigenvalue weighted by molar-refractivity contribution is 6.29. The molecule has 1 aliphatic carbocycles. The lowest BCUT2D eigenvalue weighted by Crippen LogP contribution is -2.21. The molecule has 1 aliphatic rings. The lowest BCUT2D eigenvalue weighted by Gasteiger charge is -2.27. The summed E-state index contributed by atoms with van der Waals surface area (Å²) in [5.41, 5.74) is 2.23. The van der Waals surface area contributed by atoms with Crippen molar-refractivity contribution in [3.05, 3.63) is 42.4 Å². The molecule has 78 valence electrons. The van der Waals surface area contributed by atoms with E-state index in [0.717, 1.165) is 12.0 Å². The standard InChI is InChI=1S/C13H14O2/c1-9-6-13(2,3)7-11(12(9)14)10-4-5-15-8-10/h4-5,7-8H,1,6H2,2-3H3. The Labute approximate surface area is 89.3 Å². The summed E-state index contributed by atoms with van der Waals surface area (Å²) in [6.45, 7) is 8.03. The Morgan fingerprint density at radius 2 is 2.20 bits per heavy atom. The fourth-order valence-corrected chi connectivity index (χ4v) is 1.96. The lowest BCUT2D eigenvalue weighted by molar-refractivity contribution is -0.111. The zero-order valence-corrected chi connectivity index (χ0v) is 9.04. The minimum absolute atomic E-state index is 0.00238. The largest absolute Gasteiger partial charge is 0.472 e. The van der Waals surface area contributed by atoms with Gasteiger partial charge in [0, 0.05) is 11.1 Å². The van der Waals surface area contributed by atoms with Crippen molar-refractivity contribution in [3.63, 3.8) is 0 Å². The maximum Gasteiger partial charge on any atom is 0.188 e. The average Bonchev–Trinajstić information content (AvgIpc) is 2.63. The van der Waals surface area contributed by atoms with Gasteiger partial charge in [-0.3, -0.25) is 4.79 Å². The molecule has 0 atom stereocenters. The summed E-state index contributed by atoms with van der Waals surface area (Å²) in [6.07, 6.45) is 5.91. The van der Waals surface area contributed by atoms with E-state index in [1.807, 2.05) is 6.08 Å². The van der Waals surface area contributed by atoms with Crippen molar-refractivity contribution in [2.45, 2.75) is 20.3 Å². The van der Waals surface area contributed by atoms with Crippen LogP contribution in [0.25, 0.3) is 5.57 Å². The first kappa shape index (κ1) is 9.97. The molecule has 0 bridgehead atoms. The minimum Gasteiger partial charge on any atom is -0.472 e. The second-order valence-corrected chi connectivity index (χ2v) is 4.67. The molecule has 0 spiro atoms. The van der Waals surface area contributed by atoms with Crippen LogP contribution in [-0.4, -0.2) is 5.78 Å². The van der Waals surface area contributed by atoms with Crippen LogP contribution in [0.15, 0.2) is 41.2 Å². The Hall–Kier alpha value is -1.57.